The van der Waals surface area contributed by atoms with Crippen molar-refractivity contribution in [3.63, 3.8) is 0 Å². The zero-order chi connectivity index (χ0) is 15.3. The number of amides is 1. The Labute approximate surface area is 125 Å². The molecule has 1 aliphatic rings. The van der Waals surface area contributed by atoms with E-state index < -0.39 is 5.60 Å². The van der Waals surface area contributed by atoms with Crippen molar-refractivity contribution in [2.75, 3.05) is 6.54 Å². The third-order valence-electron chi connectivity index (χ3n) is 4.48. The van der Waals surface area contributed by atoms with Crippen molar-refractivity contribution in [2.24, 2.45) is 5.92 Å². The van der Waals surface area contributed by atoms with Crippen molar-refractivity contribution >= 4 is 5.91 Å². The highest BCUT2D eigenvalue weighted by Gasteiger charge is 2.32. The van der Waals surface area contributed by atoms with Crippen LogP contribution in [-0.2, 0) is 11.2 Å². The summed E-state index contributed by atoms with van der Waals surface area (Å²) >= 11 is 0. The first-order chi connectivity index (χ1) is 10.0. The van der Waals surface area contributed by atoms with Gasteiger partial charge in [-0.1, -0.05) is 25.5 Å². The number of rotatable bonds is 5. The van der Waals surface area contributed by atoms with Gasteiger partial charge in [0.2, 0.25) is 5.91 Å². The van der Waals surface area contributed by atoms with Crippen LogP contribution in [-0.4, -0.2) is 23.2 Å². The van der Waals surface area contributed by atoms with Crippen molar-refractivity contribution < 1.29 is 14.3 Å². The summed E-state index contributed by atoms with van der Waals surface area (Å²) in [6.45, 7) is 2.47. The van der Waals surface area contributed by atoms with Crippen molar-refractivity contribution in [3.8, 4) is 0 Å². The second kappa shape index (κ2) is 7.03. The summed E-state index contributed by atoms with van der Waals surface area (Å²) in [5.74, 6) is 0.191. The minimum absolute atomic E-state index is 0.144. The van der Waals surface area contributed by atoms with Crippen LogP contribution < -0.4 is 5.32 Å². The van der Waals surface area contributed by atoms with E-state index in [1.807, 2.05) is 0 Å². The summed E-state index contributed by atoms with van der Waals surface area (Å²) in [5.41, 5.74) is -0.127. The number of hydrogen-bond donors (Lipinski definition) is 2. The quantitative estimate of drug-likeness (QED) is 0.877. The summed E-state index contributed by atoms with van der Waals surface area (Å²) in [6.07, 6.45) is 4.82. The van der Waals surface area contributed by atoms with Crippen LogP contribution >= 0.6 is 0 Å². The molecule has 4 heteroatoms. The van der Waals surface area contributed by atoms with Crippen LogP contribution in [0.3, 0.4) is 0 Å². The van der Waals surface area contributed by atoms with E-state index in [9.17, 15) is 14.3 Å². The van der Waals surface area contributed by atoms with Gasteiger partial charge in [-0.2, -0.15) is 0 Å². The average Bonchev–Trinajstić information content (AvgIpc) is 2.46. The van der Waals surface area contributed by atoms with E-state index in [-0.39, 0.29) is 24.7 Å². The van der Waals surface area contributed by atoms with Crippen LogP contribution in [0, 0.1) is 11.7 Å². The molecule has 2 N–H and O–H groups in total. The first-order valence-electron chi connectivity index (χ1n) is 7.74. The average molecular weight is 293 g/mol. The number of aliphatic hydroxyl groups is 1. The number of halogens is 1. The van der Waals surface area contributed by atoms with Crippen molar-refractivity contribution in [2.45, 2.75) is 51.0 Å². The molecule has 2 rings (SSSR count). The van der Waals surface area contributed by atoms with Gasteiger partial charge in [0.25, 0.3) is 0 Å². The van der Waals surface area contributed by atoms with E-state index in [4.69, 9.17) is 0 Å². The number of carbonyl (C=O) groups excluding carboxylic acids is 1. The molecule has 0 bridgehead atoms. The predicted octanol–water partition coefficient (Wildman–Crippen LogP) is 2.82. The predicted molar refractivity (Wildman–Crippen MR) is 80.3 cm³/mol. The molecule has 0 saturated heterocycles. The van der Waals surface area contributed by atoms with Gasteiger partial charge in [0.15, 0.2) is 0 Å². The molecule has 1 saturated carbocycles. The van der Waals surface area contributed by atoms with Crippen molar-refractivity contribution in [3.05, 3.63) is 35.6 Å². The molecule has 0 radical (unpaired) electrons. The SMILES string of the molecule is CCC1CCC(O)(CNC(=O)Cc2cccc(F)c2)CC1. The summed E-state index contributed by atoms with van der Waals surface area (Å²) < 4.78 is 13.1. The molecule has 0 spiro atoms. The Balaban J connectivity index is 1.78. The molecule has 0 unspecified atom stereocenters. The third-order valence-corrected chi connectivity index (χ3v) is 4.48. The highest BCUT2D eigenvalue weighted by Crippen LogP contribution is 2.33. The van der Waals surface area contributed by atoms with Gasteiger partial charge in [-0.05, 0) is 49.3 Å². The van der Waals surface area contributed by atoms with Gasteiger partial charge in [0.1, 0.15) is 5.82 Å². The Morgan fingerprint density at radius 3 is 2.76 bits per heavy atom. The Hall–Kier alpha value is -1.42. The molecule has 0 heterocycles. The minimum atomic E-state index is -0.775. The molecular formula is C17H24FNO2. The fourth-order valence-electron chi connectivity index (χ4n) is 2.96. The molecular weight excluding hydrogens is 269 g/mol. The van der Waals surface area contributed by atoms with Crippen molar-refractivity contribution in [1.29, 1.82) is 0 Å². The van der Waals surface area contributed by atoms with Gasteiger partial charge >= 0.3 is 0 Å². The lowest BCUT2D eigenvalue weighted by molar-refractivity contribution is -0.122. The Bertz CT molecular complexity index is 481. The van der Waals surface area contributed by atoms with Gasteiger partial charge < -0.3 is 10.4 Å². The van der Waals surface area contributed by atoms with Crippen LogP contribution in [0.25, 0.3) is 0 Å². The lowest BCUT2D eigenvalue weighted by Gasteiger charge is -2.35. The smallest absolute Gasteiger partial charge is 0.224 e. The first kappa shape index (κ1) is 16.0. The van der Waals surface area contributed by atoms with Gasteiger partial charge in [-0.25, -0.2) is 4.39 Å². The van der Waals surface area contributed by atoms with Crippen LogP contribution in [0.15, 0.2) is 24.3 Å². The zero-order valence-corrected chi connectivity index (χ0v) is 12.6. The van der Waals surface area contributed by atoms with E-state index in [0.29, 0.717) is 11.5 Å². The molecule has 0 aromatic heterocycles. The highest BCUT2D eigenvalue weighted by molar-refractivity contribution is 5.78. The topological polar surface area (TPSA) is 49.3 Å². The second-order valence-corrected chi connectivity index (χ2v) is 6.16. The third kappa shape index (κ3) is 4.81. The first-order valence-corrected chi connectivity index (χ1v) is 7.74. The lowest BCUT2D eigenvalue weighted by atomic mass is 9.78. The normalized spacial score (nSPS) is 25.6. The zero-order valence-electron chi connectivity index (χ0n) is 12.6. The monoisotopic (exact) mass is 293 g/mol. The number of carbonyl (C=O) groups is 1. The maximum absolute atomic E-state index is 13.1. The van der Waals surface area contributed by atoms with Crippen molar-refractivity contribution in [1.82, 2.24) is 5.32 Å². The summed E-state index contributed by atoms with van der Waals surface area (Å²) in [5, 5.41) is 13.3. The lowest BCUT2D eigenvalue weighted by Crippen LogP contribution is -2.45. The van der Waals surface area contributed by atoms with E-state index >= 15 is 0 Å². The molecule has 0 atom stereocenters. The second-order valence-electron chi connectivity index (χ2n) is 6.16. The highest BCUT2D eigenvalue weighted by atomic mass is 19.1. The largest absolute Gasteiger partial charge is 0.388 e. The molecule has 1 fully saturated rings. The van der Waals surface area contributed by atoms with Crippen LogP contribution in [0.2, 0.25) is 0 Å². The minimum Gasteiger partial charge on any atom is -0.388 e. The van der Waals surface area contributed by atoms with E-state index in [0.717, 1.165) is 32.1 Å². The Morgan fingerprint density at radius 2 is 2.14 bits per heavy atom. The van der Waals surface area contributed by atoms with Gasteiger partial charge in [0, 0.05) is 6.54 Å². The number of nitrogens with one attached hydrogen (secondary N) is 1. The Kier molecular flexibility index (Phi) is 5.34. The van der Waals surface area contributed by atoms with Crippen LogP contribution in [0.4, 0.5) is 4.39 Å². The molecule has 1 amide bonds. The van der Waals surface area contributed by atoms with E-state index in [1.54, 1.807) is 12.1 Å². The number of hydrogen-bond acceptors (Lipinski definition) is 2. The molecule has 116 valence electrons. The van der Waals surface area contributed by atoms with Gasteiger partial charge in [-0.3, -0.25) is 4.79 Å². The van der Waals surface area contributed by atoms with E-state index in [1.165, 1.54) is 12.1 Å². The maximum atomic E-state index is 13.1. The Morgan fingerprint density at radius 1 is 1.43 bits per heavy atom. The molecule has 3 nitrogen and oxygen atoms in total. The molecule has 1 aromatic carbocycles. The summed E-state index contributed by atoms with van der Waals surface area (Å²) in [4.78, 5) is 11.9. The van der Waals surface area contributed by atoms with Crippen LogP contribution in [0.5, 0.6) is 0 Å². The standard InChI is InChI=1S/C17H24FNO2/c1-2-13-6-8-17(21,9-7-13)12-19-16(20)11-14-4-3-5-15(18)10-14/h3-5,10,13,21H,2,6-9,11-12H2,1H3,(H,19,20). The fraction of sp³-hybridized carbons (Fsp3) is 0.588. The molecule has 1 aliphatic carbocycles. The van der Waals surface area contributed by atoms with Gasteiger partial charge in [-0.15, -0.1) is 0 Å². The number of benzene rings is 1. The van der Waals surface area contributed by atoms with Gasteiger partial charge in [0.05, 0.1) is 12.0 Å². The fourth-order valence-corrected chi connectivity index (χ4v) is 2.96. The van der Waals surface area contributed by atoms with E-state index in [2.05, 4.69) is 12.2 Å². The molecule has 0 aliphatic heterocycles. The molecule has 1 aromatic rings. The maximum Gasteiger partial charge on any atom is 0.224 e. The molecule has 21 heavy (non-hydrogen) atoms. The summed E-state index contributed by atoms with van der Waals surface area (Å²) in [6, 6.07) is 6.04. The van der Waals surface area contributed by atoms with Crippen LogP contribution in [0.1, 0.15) is 44.6 Å². The summed E-state index contributed by atoms with van der Waals surface area (Å²) in [7, 11) is 0.